The molecular formula is C15H16NSi. The lowest BCUT2D eigenvalue weighted by atomic mass is 10.4. The summed E-state index contributed by atoms with van der Waals surface area (Å²) < 4.78 is 0. The summed E-state index contributed by atoms with van der Waals surface area (Å²) in [5.74, 6) is 0. The SMILES string of the molecule is C=CC(N)[Si](c1ccccc1)c1ccccc1. The number of benzene rings is 2. The third-order valence-corrected chi connectivity index (χ3v) is 5.57. The molecule has 2 N–H and O–H groups in total. The predicted molar refractivity (Wildman–Crippen MR) is 76.1 cm³/mol. The van der Waals surface area contributed by atoms with Gasteiger partial charge in [0.2, 0.25) is 0 Å². The number of hydrogen-bond donors (Lipinski definition) is 1. The lowest BCUT2D eigenvalue weighted by Gasteiger charge is -2.20. The molecule has 0 saturated heterocycles. The van der Waals surface area contributed by atoms with Crippen molar-refractivity contribution in [3.05, 3.63) is 73.3 Å². The van der Waals surface area contributed by atoms with E-state index in [1.54, 1.807) is 0 Å². The van der Waals surface area contributed by atoms with Crippen molar-refractivity contribution in [1.29, 1.82) is 0 Å². The third kappa shape index (κ3) is 2.73. The van der Waals surface area contributed by atoms with Gasteiger partial charge in [-0.15, -0.1) is 6.58 Å². The number of rotatable bonds is 4. The van der Waals surface area contributed by atoms with E-state index in [4.69, 9.17) is 5.73 Å². The molecule has 0 saturated carbocycles. The topological polar surface area (TPSA) is 26.0 Å². The minimum absolute atomic E-state index is 0.0322. The van der Waals surface area contributed by atoms with E-state index in [-0.39, 0.29) is 5.67 Å². The van der Waals surface area contributed by atoms with Crippen molar-refractivity contribution in [2.24, 2.45) is 5.73 Å². The third-order valence-electron chi connectivity index (χ3n) is 2.76. The van der Waals surface area contributed by atoms with E-state index in [1.807, 2.05) is 18.2 Å². The molecule has 1 nitrogen and oxygen atoms in total. The van der Waals surface area contributed by atoms with E-state index >= 15 is 0 Å². The van der Waals surface area contributed by atoms with E-state index in [1.165, 1.54) is 10.4 Å². The Bertz CT molecular complexity index is 427. The van der Waals surface area contributed by atoms with Crippen molar-refractivity contribution in [3.8, 4) is 0 Å². The second-order valence-corrected chi connectivity index (χ2v) is 6.56. The first kappa shape index (κ1) is 11.8. The highest BCUT2D eigenvalue weighted by atomic mass is 28.3. The van der Waals surface area contributed by atoms with Crippen molar-refractivity contribution < 1.29 is 0 Å². The van der Waals surface area contributed by atoms with Gasteiger partial charge in [-0.25, -0.2) is 0 Å². The first-order valence-electron chi connectivity index (χ1n) is 5.68. The zero-order valence-electron chi connectivity index (χ0n) is 9.71. The van der Waals surface area contributed by atoms with Crippen LogP contribution in [-0.2, 0) is 0 Å². The Morgan fingerprint density at radius 3 is 1.65 bits per heavy atom. The molecule has 17 heavy (non-hydrogen) atoms. The summed E-state index contributed by atoms with van der Waals surface area (Å²) in [5, 5.41) is 2.66. The Morgan fingerprint density at radius 1 is 0.882 bits per heavy atom. The van der Waals surface area contributed by atoms with Crippen molar-refractivity contribution in [2.75, 3.05) is 0 Å². The normalized spacial score (nSPS) is 12.4. The minimum Gasteiger partial charge on any atom is -0.326 e. The fraction of sp³-hybridized carbons (Fsp3) is 0.0667. The van der Waals surface area contributed by atoms with E-state index < -0.39 is 8.80 Å². The highest BCUT2D eigenvalue weighted by molar-refractivity contribution is 6.86. The van der Waals surface area contributed by atoms with Crippen LogP contribution in [0.4, 0.5) is 0 Å². The maximum Gasteiger partial charge on any atom is 0.143 e. The second-order valence-electron chi connectivity index (χ2n) is 3.91. The molecule has 0 bridgehead atoms. The Labute approximate surface area is 104 Å². The van der Waals surface area contributed by atoms with Crippen molar-refractivity contribution in [2.45, 2.75) is 5.67 Å². The monoisotopic (exact) mass is 238 g/mol. The van der Waals surface area contributed by atoms with Crippen LogP contribution in [0.2, 0.25) is 0 Å². The van der Waals surface area contributed by atoms with Gasteiger partial charge in [0, 0.05) is 5.67 Å². The zero-order chi connectivity index (χ0) is 12.1. The Balaban J connectivity index is 2.43. The van der Waals surface area contributed by atoms with Crippen LogP contribution >= 0.6 is 0 Å². The van der Waals surface area contributed by atoms with Crippen molar-refractivity contribution in [1.82, 2.24) is 0 Å². The molecule has 0 spiro atoms. The summed E-state index contributed by atoms with van der Waals surface area (Å²) in [6, 6.07) is 21.0. The van der Waals surface area contributed by atoms with Gasteiger partial charge in [0.25, 0.3) is 0 Å². The van der Waals surface area contributed by atoms with E-state index in [9.17, 15) is 0 Å². The highest BCUT2D eigenvalue weighted by Crippen LogP contribution is 1.97. The van der Waals surface area contributed by atoms with Gasteiger partial charge in [0.15, 0.2) is 0 Å². The van der Waals surface area contributed by atoms with Crippen LogP contribution < -0.4 is 16.1 Å². The van der Waals surface area contributed by atoms with Crippen LogP contribution in [0, 0.1) is 0 Å². The fourth-order valence-corrected chi connectivity index (χ4v) is 4.35. The summed E-state index contributed by atoms with van der Waals surface area (Å²) in [6.45, 7) is 3.83. The fourth-order valence-electron chi connectivity index (χ4n) is 1.90. The predicted octanol–water partition coefficient (Wildman–Crippen LogP) is 1.35. The van der Waals surface area contributed by atoms with Crippen LogP contribution in [-0.4, -0.2) is 14.5 Å². The molecule has 1 atom stereocenters. The average Bonchev–Trinajstić information content (AvgIpc) is 2.41. The molecule has 0 aliphatic heterocycles. The highest BCUT2D eigenvalue weighted by Gasteiger charge is 2.21. The van der Waals surface area contributed by atoms with Gasteiger partial charge in [-0.05, 0) is 0 Å². The molecule has 0 fully saturated rings. The first-order chi connectivity index (χ1) is 8.33. The van der Waals surface area contributed by atoms with Gasteiger partial charge in [0.1, 0.15) is 8.80 Å². The zero-order valence-corrected chi connectivity index (χ0v) is 10.7. The van der Waals surface area contributed by atoms with Crippen LogP contribution in [0.1, 0.15) is 0 Å². The van der Waals surface area contributed by atoms with Gasteiger partial charge in [0.05, 0.1) is 0 Å². The summed E-state index contributed by atoms with van der Waals surface area (Å²) >= 11 is 0. The molecule has 0 aromatic heterocycles. The number of nitrogens with two attached hydrogens (primary N) is 1. The summed E-state index contributed by atoms with van der Waals surface area (Å²) in [5.41, 5.74) is 6.24. The van der Waals surface area contributed by atoms with Gasteiger partial charge < -0.3 is 5.73 Å². The standard InChI is InChI=1S/C15H16NSi/c1-2-15(16)17(13-9-5-3-6-10-13)14-11-7-4-8-12-14/h2-12,15H,1,16H2. The first-order valence-corrected chi connectivity index (χ1v) is 7.26. The lowest BCUT2D eigenvalue weighted by Crippen LogP contribution is -2.54. The van der Waals surface area contributed by atoms with Crippen molar-refractivity contribution >= 4 is 19.2 Å². The molecule has 2 rings (SSSR count). The van der Waals surface area contributed by atoms with E-state index in [0.29, 0.717) is 0 Å². The molecule has 0 amide bonds. The second kappa shape index (κ2) is 5.62. The summed E-state index contributed by atoms with van der Waals surface area (Å²) in [7, 11) is -0.969. The largest absolute Gasteiger partial charge is 0.326 e. The quantitative estimate of drug-likeness (QED) is 0.631. The van der Waals surface area contributed by atoms with Crippen molar-refractivity contribution in [3.63, 3.8) is 0 Å². The maximum atomic E-state index is 6.21. The Hall–Kier alpha value is -1.64. The van der Waals surface area contributed by atoms with E-state index in [2.05, 4.69) is 55.1 Å². The van der Waals surface area contributed by atoms with Gasteiger partial charge >= 0.3 is 0 Å². The van der Waals surface area contributed by atoms with E-state index in [0.717, 1.165) is 0 Å². The smallest absolute Gasteiger partial charge is 0.143 e. The van der Waals surface area contributed by atoms with Crippen LogP contribution in [0.5, 0.6) is 0 Å². The molecule has 2 aromatic carbocycles. The van der Waals surface area contributed by atoms with Crippen LogP contribution in [0.25, 0.3) is 0 Å². The van der Waals surface area contributed by atoms with Gasteiger partial charge in [-0.3, -0.25) is 0 Å². The maximum absolute atomic E-state index is 6.21. The Kier molecular flexibility index (Phi) is 3.91. The minimum atomic E-state index is -0.969. The molecule has 1 unspecified atom stereocenters. The molecule has 2 heteroatoms. The van der Waals surface area contributed by atoms with Crippen LogP contribution in [0.3, 0.4) is 0 Å². The summed E-state index contributed by atoms with van der Waals surface area (Å²) in [4.78, 5) is 0. The lowest BCUT2D eigenvalue weighted by molar-refractivity contribution is 1.12. The molecule has 0 heterocycles. The molecule has 0 aliphatic carbocycles. The average molecular weight is 238 g/mol. The summed E-state index contributed by atoms with van der Waals surface area (Å²) in [6.07, 6.45) is 1.86. The van der Waals surface area contributed by atoms with Gasteiger partial charge in [-0.1, -0.05) is 77.1 Å². The molecular weight excluding hydrogens is 222 g/mol. The van der Waals surface area contributed by atoms with Crippen LogP contribution in [0.15, 0.2) is 73.3 Å². The Morgan fingerprint density at radius 2 is 1.29 bits per heavy atom. The number of hydrogen-bond acceptors (Lipinski definition) is 1. The molecule has 2 aromatic rings. The molecule has 85 valence electrons. The molecule has 0 aliphatic rings. The van der Waals surface area contributed by atoms with Gasteiger partial charge in [-0.2, -0.15) is 0 Å². The molecule has 1 radical (unpaired) electrons.